The average Bonchev–Trinajstić information content (AvgIpc) is 3.11. The molecule has 3 aromatic carbocycles. The van der Waals surface area contributed by atoms with Crippen molar-refractivity contribution >= 4 is 41.0 Å². The zero-order valence-corrected chi connectivity index (χ0v) is 17.7. The van der Waals surface area contributed by atoms with E-state index >= 15 is 0 Å². The molecule has 0 aliphatic carbocycles. The van der Waals surface area contributed by atoms with Gasteiger partial charge in [-0.15, -0.1) is 0 Å². The van der Waals surface area contributed by atoms with Gasteiger partial charge in [0.1, 0.15) is 7.14 Å². The first-order valence-electron chi connectivity index (χ1n) is 8.94. The summed E-state index contributed by atoms with van der Waals surface area (Å²) in [7, 11) is -2.99. The third-order valence-corrected chi connectivity index (χ3v) is 8.46. The lowest BCUT2D eigenvalue weighted by atomic mass is 10.3. The van der Waals surface area contributed by atoms with Gasteiger partial charge in [0.05, 0.1) is 21.9 Å². The Morgan fingerprint density at radius 2 is 1.38 bits per heavy atom. The van der Waals surface area contributed by atoms with E-state index in [-0.39, 0.29) is 11.7 Å². The Hall–Kier alpha value is -2.52. The van der Waals surface area contributed by atoms with Crippen LogP contribution in [0.25, 0.3) is 5.69 Å². The van der Waals surface area contributed by atoms with Crippen LogP contribution in [0.5, 0.6) is 0 Å². The highest BCUT2D eigenvalue weighted by Crippen LogP contribution is 2.46. The number of aromatic nitrogens is 2. The van der Waals surface area contributed by atoms with Crippen LogP contribution in [0.3, 0.4) is 0 Å². The van der Waals surface area contributed by atoms with Crippen molar-refractivity contribution in [1.29, 1.82) is 0 Å². The van der Waals surface area contributed by atoms with Gasteiger partial charge in [-0.3, -0.25) is 9.89 Å². The second kappa shape index (κ2) is 8.08. The van der Waals surface area contributed by atoms with E-state index in [9.17, 15) is 9.36 Å². The molecule has 0 radical (unpaired) electrons. The van der Waals surface area contributed by atoms with E-state index in [1.165, 1.54) is 10.7 Å². The lowest BCUT2D eigenvalue weighted by Gasteiger charge is -2.18. The Morgan fingerprint density at radius 1 is 0.793 bits per heavy atom. The standard InChI is InChI=1S/C22H17Cl2N2O2P/c23-20-12-11-17(14-21(20)24)26-22(27)13-16(25-26)15-29(28,18-7-3-1-4-8-18)19-9-5-2-6-10-19/h1-14,25H,15H2. The number of H-pyrrole nitrogens is 1. The van der Waals surface area contributed by atoms with Crippen LogP contribution in [0.2, 0.25) is 10.0 Å². The fraction of sp³-hybridized carbons (Fsp3) is 0.0455. The summed E-state index contributed by atoms with van der Waals surface area (Å²) in [6.07, 6.45) is 0.199. The minimum Gasteiger partial charge on any atom is -0.313 e. The van der Waals surface area contributed by atoms with Gasteiger partial charge in [-0.1, -0.05) is 83.9 Å². The molecular formula is C22H17Cl2N2O2P. The van der Waals surface area contributed by atoms with Crippen molar-refractivity contribution in [2.24, 2.45) is 0 Å². The van der Waals surface area contributed by atoms with Gasteiger partial charge >= 0.3 is 0 Å². The normalized spacial score (nSPS) is 11.5. The monoisotopic (exact) mass is 442 g/mol. The van der Waals surface area contributed by atoms with Crippen LogP contribution < -0.4 is 16.2 Å². The number of nitrogens with zero attached hydrogens (tertiary/aromatic N) is 1. The first-order valence-corrected chi connectivity index (χ1v) is 11.6. The summed E-state index contributed by atoms with van der Waals surface area (Å²) in [5.41, 5.74) is 0.882. The molecule has 0 spiro atoms. The molecule has 0 aliphatic rings. The first kappa shape index (κ1) is 19.8. The van der Waals surface area contributed by atoms with E-state index in [1.807, 2.05) is 60.7 Å². The first-order chi connectivity index (χ1) is 14.0. The van der Waals surface area contributed by atoms with E-state index in [2.05, 4.69) is 5.10 Å². The summed E-state index contributed by atoms with van der Waals surface area (Å²) in [5, 5.41) is 5.32. The molecule has 0 amide bonds. The third kappa shape index (κ3) is 3.97. The summed E-state index contributed by atoms with van der Waals surface area (Å²) in [5.74, 6) is 0. The molecular weight excluding hydrogens is 426 g/mol. The fourth-order valence-electron chi connectivity index (χ4n) is 3.25. The summed E-state index contributed by atoms with van der Waals surface area (Å²) < 4.78 is 15.5. The largest absolute Gasteiger partial charge is 0.313 e. The molecule has 0 unspecified atom stereocenters. The highest BCUT2D eigenvalue weighted by Gasteiger charge is 2.28. The summed E-state index contributed by atoms with van der Waals surface area (Å²) in [6, 6.07) is 25.1. The highest BCUT2D eigenvalue weighted by atomic mass is 35.5. The zero-order valence-electron chi connectivity index (χ0n) is 15.3. The minimum absolute atomic E-state index is 0.199. The summed E-state index contributed by atoms with van der Waals surface area (Å²) in [4.78, 5) is 12.6. The lowest BCUT2D eigenvalue weighted by Crippen LogP contribution is -2.17. The van der Waals surface area contributed by atoms with Gasteiger partial charge in [0.25, 0.3) is 5.56 Å². The van der Waals surface area contributed by atoms with Gasteiger partial charge < -0.3 is 4.57 Å². The molecule has 4 nitrogen and oxygen atoms in total. The molecule has 0 saturated carbocycles. The van der Waals surface area contributed by atoms with Crippen molar-refractivity contribution in [1.82, 2.24) is 9.78 Å². The van der Waals surface area contributed by atoms with Crippen molar-refractivity contribution in [3.63, 3.8) is 0 Å². The molecule has 0 aliphatic heterocycles. The molecule has 4 aromatic rings. The van der Waals surface area contributed by atoms with Gasteiger partial charge in [0.15, 0.2) is 0 Å². The molecule has 29 heavy (non-hydrogen) atoms. The minimum atomic E-state index is -2.99. The van der Waals surface area contributed by atoms with Crippen LogP contribution >= 0.6 is 30.3 Å². The number of nitrogens with one attached hydrogen (secondary N) is 1. The zero-order chi connectivity index (χ0) is 20.4. The van der Waals surface area contributed by atoms with E-state index in [1.54, 1.807) is 18.2 Å². The molecule has 7 heteroatoms. The van der Waals surface area contributed by atoms with Crippen molar-refractivity contribution in [3.8, 4) is 5.69 Å². The highest BCUT2D eigenvalue weighted by molar-refractivity contribution is 7.78. The van der Waals surface area contributed by atoms with Crippen LogP contribution in [0, 0.1) is 0 Å². The van der Waals surface area contributed by atoms with Crippen LogP contribution in [-0.4, -0.2) is 9.78 Å². The molecule has 1 N–H and O–H groups in total. The average molecular weight is 443 g/mol. The smallest absolute Gasteiger partial charge is 0.271 e. The van der Waals surface area contributed by atoms with Crippen LogP contribution in [-0.2, 0) is 10.7 Å². The summed E-state index contributed by atoms with van der Waals surface area (Å²) in [6.45, 7) is 0. The SMILES string of the molecule is O=c1cc(CP(=O)(c2ccccc2)c2ccccc2)[nH]n1-c1ccc(Cl)c(Cl)c1. The van der Waals surface area contributed by atoms with Crippen molar-refractivity contribution < 1.29 is 4.57 Å². The van der Waals surface area contributed by atoms with Crippen LogP contribution in [0.4, 0.5) is 0 Å². The maximum Gasteiger partial charge on any atom is 0.271 e. The van der Waals surface area contributed by atoms with E-state index < -0.39 is 7.14 Å². The Morgan fingerprint density at radius 3 is 1.93 bits per heavy atom. The number of aromatic amines is 1. The Labute approximate surface area is 178 Å². The number of benzene rings is 3. The van der Waals surface area contributed by atoms with Crippen LogP contribution in [0.1, 0.15) is 5.69 Å². The molecule has 0 atom stereocenters. The van der Waals surface area contributed by atoms with Gasteiger partial charge in [0, 0.05) is 22.4 Å². The van der Waals surface area contributed by atoms with Gasteiger partial charge in [-0.2, -0.15) is 0 Å². The fourth-order valence-corrected chi connectivity index (χ4v) is 6.16. The predicted octanol–water partition coefficient (Wildman–Crippen LogP) is 4.99. The molecule has 4 rings (SSSR count). The second-order valence-electron chi connectivity index (χ2n) is 6.62. The maximum absolute atomic E-state index is 14.2. The Balaban J connectivity index is 1.77. The number of rotatable bonds is 5. The number of hydrogen-bond donors (Lipinski definition) is 1. The summed E-state index contributed by atoms with van der Waals surface area (Å²) >= 11 is 12.1. The van der Waals surface area contributed by atoms with Gasteiger partial charge in [-0.25, -0.2) is 4.68 Å². The maximum atomic E-state index is 14.2. The van der Waals surface area contributed by atoms with E-state index in [4.69, 9.17) is 23.2 Å². The number of halogens is 2. The van der Waals surface area contributed by atoms with Crippen molar-refractivity contribution in [2.45, 2.75) is 6.16 Å². The molecule has 146 valence electrons. The lowest BCUT2D eigenvalue weighted by molar-refractivity contribution is 0.586. The van der Waals surface area contributed by atoms with Gasteiger partial charge in [-0.05, 0) is 18.2 Å². The topological polar surface area (TPSA) is 54.9 Å². The molecule has 0 saturated heterocycles. The van der Waals surface area contributed by atoms with Crippen molar-refractivity contribution in [3.05, 3.63) is 111 Å². The Bertz CT molecular complexity index is 1210. The van der Waals surface area contributed by atoms with E-state index in [0.717, 1.165) is 10.6 Å². The van der Waals surface area contributed by atoms with Gasteiger partial charge in [0.2, 0.25) is 0 Å². The number of hydrogen-bond acceptors (Lipinski definition) is 2. The third-order valence-electron chi connectivity index (χ3n) is 4.67. The molecule has 0 fully saturated rings. The molecule has 1 heterocycles. The predicted molar refractivity (Wildman–Crippen MR) is 120 cm³/mol. The second-order valence-corrected chi connectivity index (χ2v) is 10.3. The van der Waals surface area contributed by atoms with Crippen LogP contribution in [0.15, 0.2) is 89.7 Å². The molecule has 1 aromatic heterocycles. The molecule has 0 bridgehead atoms. The quantitative estimate of drug-likeness (QED) is 0.442. The van der Waals surface area contributed by atoms with E-state index in [0.29, 0.717) is 21.4 Å². The van der Waals surface area contributed by atoms with Crippen molar-refractivity contribution in [2.75, 3.05) is 0 Å². The Kier molecular flexibility index (Phi) is 5.51.